The molecule has 1 aromatic carbocycles. The fraction of sp³-hybridized carbons (Fsp3) is 0.312. The smallest absolute Gasteiger partial charge is 0.191 e. The van der Waals surface area contributed by atoms with Gasteiger partial charge in [-0.2, -0.15) is 0 Å². The first-order valence-electron chi connectivity index (χ1n) is 7.51. The van der Waals surface area contributed by atoms with Crippen LogP contribution in [0.4, 0.5) is 14.6 Å². The van der Waals surface area contributed by atoms with Crippen LogP contribution in [0.3, 0.4) is 0 Å². The van der Waals surface area contributed by atoms with Crippen molar-refractivity contribution in [2.45, 2.75) is 23.5 Å². The number of anilines is 1. The first kappa shape index (κ1) is 15.3. The van der Waals surface area contributed by atoms with Crippen molar-refractivity contribution in [3.63, 3.8) is 0 Å². The Hall–Kier alpha value is -2.22. The summed E-state index contributed by atoms with van der Waals surface area (Å²) in [6.45, 7) is 0. The molecule has 3 aromatic rings. The van der Waals surface area contributed by atoms with Crippen LogP contribution >= 0.6 is 11.8 Å². The Balaban J connectivity index is 1.60. The Morgan fingerprint density at radius 2 is 2.08 bits per heavy atom. The number of benzene rings is 1. The van der Waals surface area contributed by atoms with Crippen molar-refractivity contribution in [1.29, 1.82) is 0 Å². The highest BCUT2D eigenvalue weighted by atomic mass is 32.2. The Morgan fingerprint density at radius 1 is 1.25 bits per heavy atom. The van der Waals surface area contributed by atoms with Crippen LogP contribution in [0.5, 0.6) is 0 Å². The molecule has 1 aliphatic carbocycles. The molecule has 1 aliphatic rings. The maximum atomic E-state index is 13.4. The number of aryl methyl sites for hydroxylation is 1. The third-order valence-electron chi connectivity index (χ3n) is 4.21. The number of halogens is 2. The Labute approximate surface area is 141 Å². The molecular formula is C16H15F2N5S. The molecule has 2 heterocycles. The molecule has 1 saturated carbocycles. The molecule has 5 nitrogen and oxygen atoms in total. The molecule has 0 bridgehead atoms. The summed E-state index contributed by atoms with van der Waals surface area (Å²) in [6.07, 6.45) is 4.47. The molecule has 24 heavy (non-hydrogen) atoms. The van der Waals surface area contributed by atoms with Gasteiger partial charge in [-0.15, -0.1) is 0 Å². The highest BCUT2D eigenvalue weighted by Gasteiger charge is 2.39. The summed E-state index contributed by atoms with van der Waals surface area (Å²) in [5.74, 6) is -0.803. The van der Waals surface area contributed by atoms with E-state index in [-0.39, 0.29) is 12.0 Å². The van der Waals surface area contributed by atoms with E-state index in [1.807, 2.05) is 17.9 Å². The van der Waals surface area contributed by atoms with E-state index in [0.717, 1.165) is 17.6 Å². The molecule has 1 N–H and O–H groups in total. The number of rotatable bonds is 4. The predicted octanol–water partition coefficient (Wildman–Crippen LogP) is 3.33. The van der Waals surface area contributed by atoms with E-state index in [9.17, 15) is 8.78 Å². The van der Waals surface area contributed by atoms with Crippen LogP contribution in [-0.4, -0.2) is 31.8 Å². The van der Waals surface area contributed by atoms with Gasteiger partial charge in [-0.1, -0.05) is 17.8 Å². The Kier molecular flexibility index (Phi) is 3.64. The molecule has 0 radical (unpaired) electrons. The van der Waals surface area contributed by atoms with Crippen LogP contribution in [0, 0.1) is 11.6 Å². The quantitative estimate of drug-likeness (QED) is 0.579. The molecule has 0 aliphatic heterocycles. The Morgan fingerprint density at radius 3 is 2.83 bits per heavy atom. The van der Waals surface area contributed by atoms with Crippen LogP contribution in [0.25, 0.3) is 11.2 Å². The third-order valence-corrected chi connectivity index (χ3v) is 4.75. The van der Waals surface area contributed by atoms with Gasteiger partial charge in [0.05, 0.1) is 6.33 Å². The summed E-state index contributed by atoms with van der Waals surface area (Å²) >= 11 is 1.46. The van der Waals surface area contributed by atoms with Crippen molar-refractivity contribution in [2.24, 2.45) is 7.05 Å². The Bertz CT molecular complexity index is 926. The number of hydrogen-bond acceptors (Lipinski definition) is 5. The molecule has 0 unspecified atom stereocenters. The summed E-state index contributed by atoms with van der Waals surface area (Å²) in [5, 5.41) is 4.04. The zero-order chi connectivity index (χ0) is 16.8. The van der Waals surface area contributed by atoms with Crippen LogP contribution in [0.2, 0.25) is 0 Å². The minimum absolute atomic E-state index is 0.129. The molecule has 8 heteroatoms. The van der Waals surface area contributed by atoms with Gasteiger partial charge in [0.25, 0.3) is 0 Å². The van der Waals surface area contributed by atoms with Gasteiger partial charge >= 0.3 is 0 Å². The van der Waals surface area contributed by atoms with E-state index < -0.39 is 11.6 Å². The van der Waals surface area contributed by atoms with Gasteiger partial charge < -0.3 is 9.88 Å². The maximum absolute atomic E-state index is 13.4. The van der Waals surface area contributed by atoms with E-state index in [1.54, 1.807) is 12.4 Å². The number of thioether (sulfide) groups is 1. The SMILES string of the molecule is CSc1nc(N[C@@H]2C[C@H]2c2ccc(F)c(F)c2)c2ncn(C)c2n1. The fourth-order valence-electron chi connectivity index (χ4n) is 2.82. The van der Waals surface area contributed by atoms with Gasteiger partial charge in [0, 0.05) is 19.0 Å². The second-order valence-corrected chi connectivity index (χ2v) is 6.63. The maximum Gasteiger partial charge on any atom is 0.191 e. The van der Waals surface area contributed by atoms with Gasteiger partial charge in [0.2, 0.25) is 0 Å². The molecule has 0 spiro atoms. The van der Waals surface area contributed by atoms with E-state index in [2.05, 4.69) is 20.3 Å². The molecule has 4 rings (SSSR count). The molecular weight excluding hydrogens is 332 g/mol. The number of nitrogens with zero attached hydrogens (tertiary/aromatic N) is 4. The summed E-state index contributed by atoms with van der Waals surface area (Å²) in [6, 6.07) is 4.21. The lowest BCUT2D eigenvalue weighted by atomic mass is 10.1. The van der Waals surface area contributed by atoms with Crippen molar-refractivity contribution in [1.82, 2.24) is 19.5 Å². The lowest BCUT2D eigenvalue weighted by Gasteiger charge is -2.08. The number of nitrogens with one attached hydrogen (secondary N) is 1. The number of imidazole rings is 1. The molecule has 124 valence electrons. The number of hydrogen-bond donors (Lipinski definition) is 1. The number of fused-ring (bicyclic) bond motifs is 1. The standard InChI is InChI=1S/C16H15F2N5S/c1-23-7-19-13-14(21-16(24-2)22-15(13)23)20-12-6-9(12)8-3-4-10(17)11(18)5-8/h3-5,7,9,12H,6H2,1-2H3,(H,20,21,22)/t9-,12+/m0/s1. The van der Waals surface area contributed by atoms with Crippen LogP contribution < -0.4 is 5.32 Å². The topological polar surface area (TPSA) is 55.6 Å². The minimum atomic E-state index is -0.820. The first-order chi connectivity index (χ1) is 11.6. The lowest BCUT2D eigenvalue weighted by Crippen LogP contribution is -2.08. The van der Waals surface area contributed by atoms with Gasteiger partial charge in [0.1, 0.15) is 0 Å². The highest BCUT2D eigenvalue weighted by Crippen LogP contribution is 2.43. The fourth-order valence-corrected chi connectivity index (χ4v) is 3.18. The highest BCUT2D eigenvalue weighted by molar-refractivity contribution is 7.98. The zero-order valence-electron chi connectivity index (χ0n) is 13.1. The molecule has 2 atom stereocenters. The second-order valence-electron chi connectivity index (χ2n) is 5.85. The largest absolute Gasteiger partial charge is 0.365 e. The van der Waals surface area contributed by atoms with Crippen molar-refractivity contribution in [2.75, 3.05) is 11.6 Å². The average molecular weight is 347 g/mol. The van der Waals surface area contributed by atoms with Crippen LogP contribution in [-0.2, 0) is 7.05 Å². The van der Waals surface area contributed by atoms with E-state index in [4.69, 9.17) is 0 Å². The normalized spacial score (nSPS) is 19.7. The van der Waals surface area contributed by atoms with Crippen molar-refractivity contribution in [3.05, 3.63) is 41.7 Å². The van der Waals surface area contributed by atoms with Gasteiger partial charge in [0.15, 0.2) is 33.8 Å². The second kappa shape index (κ2) is 5.70. The predicted molar refractivity (Wildman–Crippen MR) is 89.2 cm³/mol. The van der Waals surface area contributed by atoms with E-state index >= 15 is 0 Å². The first-order valence-corrected chi connectivity index (χ1v) is 8.74. The lowest BCUT2D eigenvalue weighted by molar-refractivity contribution is 0.507. The summed E-state index contributed by atoms with van der Waals surface area (Å²) in [4.78, 5) is 13.3. The van der Waals surface area contributed by atoms with Gasteiger partial charge in [-0.25, -0.2) is 23.7 Å². The van der Waals surface area contributed by atoms with Crippen LogP contribution in [0.1, 0.15) is 17.9 Å². The molecule has 0 amide bonds. The zero-order valence-corrected chi connectivity index (χ0v) is 13.9. The minimum Gasteiger partial charge on any atom is -0.365 e. The van der Waals surface area contributed by atoms with Crippen molar-refractivity contribution < 1.29 is 8.78 Å². The monoisotopic (exact) mass is 347 g/mol. The summed E-state index contributed by atoms with van der Waals surface area (Å²) < 4.78 is 28.3. The van der Waals surface area contributed by atoms with Crippen molar-refractivity contribution >= 4 is 28.7 Å². The average Bonchev–Trinajstić information content (AvgIpc) is 3.24. The summed E-state index contributed by atoms with van der Waals surface area (Å²) in [7, 11) is 1.89. The van der Waals surface area contributed by atoms with E-state index in [1.165, 1.54) is 23.9 Å². The van der Waals surface area contributed by atoms with Crippen LogP contribution in [0.15, 0.2) is 29.7 Å². The molecule has 2 aromatic heterocycles. The molecule has 0 saturated heterocycles. The van der Waals surface area contributed by atoms with Gasteiger partial charge in [-0.3, -0.25) is 0 Å². The van der Waals surface area contributed by atoms with E-state index in [0.29, 0.717) is 16.5 Å². The third kappa shape index (κ3) is 2.60. The van der Waals surface area contributed by atoms with Crippen molar-refractivity contribution in [3.8, 4) is 0 Å². The summed E-state index contributed by atoms with van der Waals surface area (Å²) in [5.41, 5.74) is 2.27. The number of aromatic nitrogens is 4. The molecule has 1 fully saturated rings. The van der Waals surface area contributed by atoms with Gasteiger partial charge in [-0.05, 0) is 30.4 Å².